The molecule has 3 aromatic rings. The van der Waals surface area contributed by atoms with Crippen LogP contribution < -0.4 is 11.2 Å². The molecular weight excluding hydrogens is 459 g/mol. The number of nitrogens with zero attached hydrogens (tertiary/aromatic N) is 2. The highest BCUT2D eigenvalue weighted by Crippen LogP contribution is 2.37. The molecule has 2 aromatic carbocycles. The first-order valence-electron chi connectivity index (χ1n) is 7.77. The second kappa shape index (κ2) is 7.51. The van der Waals surface area contributed by atoms with Crippen LogP contribution in [0.2, 0.25) is 15.1 Å². The van der Waals surface area contributed by atoms with Gasteiger partial charge in [-0.3, -0.25) is 9.36 Å². The van der Waals surface area contributed by atoms with Crippen molar-refractivity contribution in [3.63, 3.8) is 0 Å². The van der Waals surface area contributed by atoms with Gasteiger partial charge in [0.15, 0.2) is 0 Å². The minimum Gasteiger partial charge on any atom is -0.292 e. The smallest absolute Gasteiger partial charge is 0.292 e. The summed E-state index contributed by atoms with van der Waals surface area (Å²) in [5, 5.41) is 0.391. The van der Waals surface area contributed by atoms with Crippen LogP contribution in [0.5, 0.6) is 0 Å². The number of benzene rings is 2. The molecule has 0 atom stereocenters. The van der Waals surface area contributed by atoms with Crippen LogP contribution in [0.15, 0.2) is 46.0 Å². The molecule has 0 saturated carbocycles. The van der Waals surface area contributed by atoms with Crippen molar-refractivity contribution in [1.82, 2.24) is 9.13 Å². The van der Waals surface area contributed by atoms with E-state index in [0.717, 1.165) is 19.2 Å². The van der Waals surface area contributed by atoms with Gasteiger partial charge in [-0.2, -0.15) is 13.2 Å². The fourth-order valence-corrected chi connectivity index (χ4v) is 3.51. The van der Waals surface area contributed by atoms with Crippen molar-refractivity contribution < 1.29 is 17.6 Å². The van der Waals surface area contributed by atoms with Gasteiger partial charge in [0.1, 0.15) is 11.5 Å². The van der Waals surface area contributed by atoms with Crippen LogP contribution in [0, 0.1) is 5.82 Å². The summed E-state index contributed by atoms with van der Waals surface area (Å²) in [6, 6.07) is 6.49. The fourth-order valence-electron chi connectivity index (χ4n) is 2.74. The molecular formula is C18H9Cl3F4N2O2. The Bertz CT molecular complexity index is 1250. The van der Waals surface area contributed by atoms with Crippen molar-refractivity contribution in [2.75, 3.05) is 0 Å². The summed E-state index contributed by atoms with van der Waals surface area (Å²) in [6.45, 7) is 0. The third kappa shape index (κ3) is 3.92. The summed E-state index contributed by atoms with van der Waals surface area (Å²) in [7, 11) is 0.825. The van der Waals surface area contributed by atoms with E-state index in [0.29, 0.717) is 10.6 Å². The van der Waals surface area contributed by atoms with Crippen LogP contribution in [0.4, 0.5) is 17.6 Å². The summed E-state index contributed by atoms with van der Waals surface area (Å²) >= 11 is 18.1. The van der Waals surface area contributed by atoms with Gasteiger partial charge >= 0.3 is 11.9 Å². The molecule has 0 radical (unpaired) electrons. The molecule has 3 rings (SSSR count). The van der Waals surface area contributed by atoms with Gasteiger partial charge in [0.2, 0.25) is 0 Å². The molecule has 11 heteroatoms. The summed E-state index contributed by atoms with van der Waals surface area (Å²) in [5.41, 5.74) is -4.29. The largest absolute Gasteiger partial charge is 0.431 e. The molecule has 0 fully saturated rings. The Balaban J connectivity index is 2.33. The number of aromatic nitrogens is 2. The molecule has 0 spiro atoms. The summed E-state index contributed by atoms with van der Waals surface area (Å²) in [4.78, 5) is 24.7. The van der Waals surface area contributed by atoms with E-state index in [-0.39, 0.29) is 30.8 Å². The maximum atomic E-state index is 14.6. The van der Waals surface area contributed by atoms with E-state index in [2.05, 4.69) is 0 Å². The average molecular weight is 468 g/mol. The van der Waals surface area contributed by atoms with Crippen LogP contribution in [-0.2, 0) is 13.2 Å². The van der Waals surface area contributed by atoms with Gasteiger partial charge in [-0.15, -0.1) is 0 Å². The standard InChI is InChI=1S/C18H9Cl3F4N2O2/c1-26-15(18(23,24)25)7-16(28)27(17(26)29)14-5-10(12(21)6-13(14)22)9-3-2-8(19)4-11(9)20/h2-7H,1H3. The highest BCUT2D eigenvalue weighted by atomic mass is 35.5. The first-order chi connectivity index (χ1) is 13.4. The first-order valence-corrected chi connectivity index (χ1v) is 8.90. The van der Waals surface area contributed by atoms with E-state index in [4.69, 9.17) is 34.8 Å². The lowest BCUT2D eigenvalue weighted by Gasteiger charge is -2.16. The fraction of sp³-hybridized carbons (Fsp3) is 0.111. The normalized spacial score (nSPS) is 11.7. The number of alkyl halides is 3. The maximum absolute atomic E-state index is 14.6. The van der Waals surface area contributed by atoms with Crippen molar-refractivity contribution >= 4 is 34.8 Å². The van der Waals surface area contributed by atoms with Crippen LogP contribution in [0.1, 0.15) is 5.69 Å². The Hall–Kier alpha value is -2.29. The van der Waals surface area contributed by atoms with Gasteiger partial charge in [0.25, 0.3) is 5.56 Å². The van der Waals surface area contributed by atoms with Crippen LogP contribution >= 0.6 is 34.8 Å². The first kappa shape index (κ1) is 21.4. The van der Waals surface area contributed by atoms with Gasteiger partial charge < -0.3 is 0 Å². The van der Waals surface area contributed by atoms with E-state index < -0.39 is 34.6 Å². The zero-order valence-electron chi connectivity index (χ0n) is 14.3. The van der Waals surface area contributed by atoms with Crippen LogP contribution in [-0.4, -0.2) is 9.13 Å². The van der Waals surface area contributed by atoms with Crippen LogP contribution in [0.3, 0.4) is 0 Å². The molecule has 0 aliphatic rings. The number of rotatable bonds is 2. The minimum atomic E-state index is -4.94. The Morgan fingerprint density at radius 3 is 2.10 bits per heavy atom. The lowest BCUT2D eigenvalue weighted by Crippen LogP contribution is -2.41. The van der Waals surface area contributed by atoms with Gasteiger partial charge in [-0.05, 0) is 24.3 Å². The molecule has 4 nitrogen and oxygen atoms in total. The van der Waals surface area contributed by atoms with E-state index in [9.17, 15) is 27.2 Å². The highest BCUT2D eigenvalue weighted by molar-refractivity contribution is 6.38. The topological polar surface area (TPSA) is 44.0 Å². The quantitative estimate of drug-likeness (QED) is 0.479. The van der Waals surface area contributed by atoms with Gasteiger partial charge in [-0.25, -0.2) is 13.8 Å². The zero-order valence-corrected chi connectivity index (χ0v) is 16.6. The monoisotopic (exact) mass is 466 g/mol. The van der Waals surface area contributed by atoms with Crippen molar-refractivity contribution in [2.24, 2.45) is 7.05 Å². The summed E-state index contributed by atoms with van der Waals surface area (Å²) in [6.07, 6.45) is -4.94. The van der Waals surface area contributed by atoms with Crippen LogP contribution in [0.25, 0.3) is 16.8 Å². The van der Waals surface area contributed by atoms with E-state index in [1.54, 1.807) is 0 Å². The Kier molecular flexibility index (Phi) is 5.55. The molecule has 0 saturated heterocycles. The van der Waals surface area contributed by atoms with E-state index >= 15 is 0 Å². The van der Waals surface area contributed by atoms with E-state index in [1.165, 1.54) is 18.2 Å². The Labute approximate surface area is 175 Å². The molecule has 0 unspecified atom stereocenters. The lowest BCUT2D eigenvalue weighted by atomic mass is 10.0. The molecule has 0 N–H and O–H groups in total. The minimum absolute atomic E-state index is 0.0905. The molecule has 1 aromatic heterocycles. The van der Waals surface area contributed by atoms with Crippen molar-refractivity contribution in [3.8, 4) is 16.8 Å². The zero-order chi connectivity index (χ0) is 21.7. The van der Waals surface area contributed by atoms with Crippen molar-refractivity contribution in [2.45, 2.75) is 6.18 Å². The summed E-state index contributed by atoms with van der Waals surface area (Å²) in [5.74, 6) is -1.08. The van der Waals surface area contributed by atoms with Gasteiger partial charge in [0, 0.05) is 34.3 Å². The third-order valence-corrected chi connectivity index (χ3v) is 4.97. The molecule has 152 valence electrons. The molecule has 0 bridgehead atoms. The van der Waals surface area contributed by atoms with Crippen molar-refractivity contribution in [3.05, 3.63) is 83.8 Å². The lowest BCUT2D eigenvalue weighted by molar-refractivity contribution is -0.144. The molecule has 29 heavy (non-hydrogen) atoms. The molecule has 0 aliphatic heterocycles. The Morgan fingerprint density at radius 2 is 1.52 bits per heavy atom. The number of hydrogen-bond acceptors (Lipinski definition) is 2. The molecule has 0 amide bonds. The molecule has 0 aliphatic carbocycles. The van der Waals surface area contributed by atoms with Crippen molar-refractivity contribution in [1.29, 1.82) is 0 Å². The number of halogens is 7. The number of hydrogen-bond donors (Lipinski definition) is 0. The van der Waals surface area contributed by atoms with Gasteiger partial charge in [0.05, 0.1) is 10.7 Å². The van der Waals surface area contributed by atoms with E-state index in [1.807, 2.05) is 0 Å². The second-order valence-electron chi connectivity index (χ2n) is 5.95. The second-order valence-corrected chi connectivity index (χ2v) is 7.20. The van der Waals surface area contributed by atoms with Gasteiger partial charge in [-0.1, -0.05) is 40.9 Å². The Morgan fingerprint density at radius 1 is 0.897 bits per heavy atom. The predicted molar refractivity (Wildman–Crippen MR) is 103 cm³/mol. The SMILES string of the molecule is Cn1c(C(F)(F)F)cc(=O)n(-c2cc(-c3ccc(Cl)cc3Cl)c(Cl)cc2F)c1=O. The maximum Gasteiger partial charge on any atom is 0.431 e. The summed E-state index contributed by atoms with van der Waals surface area (Å²) < 4.78 is 54.1. The predicted octanol–water partition coefficient (Wildman–Crippen LogP) is 5.32. The third-order valence-electron chi connectivity index (χ3n) is 4.11. The highest BCUT2D eigenvalue weighted by Gasteiger charge is 2.35. The average Bonchev–Trinajstić information content (AvgIpc) is 2.59. The molecule has 1 heterocycles.